The number of rotatable bonds is 2. The third-order valence-electron chi connectivity index (χ3n) is 4.34. The molecule has 5 heteroatoms. The second kappa shape index (κ2) is 5.90. The van der Waals surface area contributed by atoms with Crippen molar-refractivity contribution in [2.24, 2.45) is 5.92 Å². The van der Waals surface area contributed by atoms with E-state index < -0.39 is 5.60 Å². The standard InChI is InChI=1S/C15H27NO4/c1-14(2,3)20-13(18)16-8-6-15(7-9-16)12(4-10-17)5-11-19-15/h12,17H,4-11H2,1-3H3. The van der Waals surface area contributed by atoms with E-state index in [1.165, 1.54) is 0 Å². The summed E-state index contributed by atoms with van der Waals surface area (Å²) >= 11 is 0. The number of aliphatic hydroxyl groups excluding tert-OH is 1. The molecule has 2 aliphatic rings. The normalized spacial score (nSPS) is 26.0. The Balaban J connectivity index is 1.90. The molecule has 2 rings (SSSR count). The van der Waals surface area contributed by atoms with E-state index in [4.69, 9.17) is 14.6 Å². The summed E-state index contributed by atoms with van der Waals surface area (Å²) in [6.45, 7) is 7.99. The van der Waals surface area contributed by atoms with Gasteiger partial charge in [-0.2, -0.15) is 0 Å². The van der Waals surface area contributed by atoms with E-state index >= 15 is 0 Å². The zero-order chi connectivity index (χ0) is 14.8. The van der Waals surface area contributed by atoms with Gasteiger partial charge in [0.05, 0.1) is 5.60 Å². The van der Waals surface area contributed by atoms with Gasteiger partial charge in [-0.25, -0.2) is 4.79 Å². The molecule has 0 bridgehead atoms. The number of aliphatic hydroxyl groups is 1. The van der Waals surface area contributed by atoms with Crippen LogP contribution in [0.15, 0.2) is 0 Å². The van der Waals surface area contributed by atoms with Crippen molar-refractivity contribution >= 4 is 6.09 Å². The van der Waals surface area contributed by atoms with Gasteiger partial charge < -0.3 is 19.5 Å². The molecule has 1 spiro atoms. The summed E-state index contributed by atoms with van der Waals surface area (Å²) in [7, 11) is 0. The van der Waals surface area contributed by atoms with Gasteiger partial charge in [-0.3, -0.25) is 0 Å². The fourth-order valence-corrected chi connectivity index (χ4v) is 3.30. The van der Waals surface area contributed by atoms with Gasteiger partial charge in [0.2, 0.25) is 0 Å². The van der Waals surface area contributed by atoms with Crippen LogP contribution in [0.4, 0.5) is 4.79 Å². The molecule has 0 saturated carbocycles. The molecule has 116 valence electrons. The van der Waals surface area contributed by atoms with Crippen molar-refractivity contribution in [3.05, 3.63) is 0 Å². The summed E-state index contributed by atoms with van der Waals surface area (Å²) in [4.78, 5) is 13.8. The van der Waals surface area contributed by atoms with Gasteiger partial charge >= 0.3 is 6.09 Å². The molecule has 0 radical (unpaired) electrons. The molecule has 2 aliphatic heterocycles. The third-order valence-corrected chi connectivity index (χ3v) is 4.34. The molecular formula is C15H27NO4. The number of likely N-dealkylation sites (tertiary alicyclic amines) is 1. The van der Waals surface area contributed by atoms with E-state index in [-0.39, 0.29) is 18.3 Å². The Morgan fingerprint density at radius 2 is 2.05 bits per heavy atom. The van der Waals surface area contributed by atoms with Gasteiger partial charge in [-0.1, -0.05) is 0 Å². The van der Waals surface area contributed by atoms with Crippen LogP contribution in [0, 0.1) is 5.92 Å². The van der Waals surface area contributed by atoms with Crippen LogP contribution >= 0.6 is 0 Å². The Morgan fingerprint density at radius 1 is 1.40 bits per heavy atom. The van der Waals surface area contributed by atoms with Gasteiger partial charge in [0.1, 0.15) is 5.60 Å². The first-order chi connectivity index (χ1) is 9.36. The Labute approximate surface area is 121 Å². The minimum Gasteiger partial charge on any atom is -0.444 e. The molecule has 2 heterocycles. The average Bonchev–Trinajstić information content (AvgIpc) is 2.72. The minimum absolute atomic E-state index is 0.124. The van der Waals surface area contributed by atoms with Gasteiger partial charge in [-0.05, 0) is 52.4 Å². The molecule has 20 heavy (non-hydrogen) atoms. The quantitative estimate of drug-likeness (QED) is 0.845. The van der Waals surface area contributed by atoms with Crippen molar-refractivity contribution < 1.29 is 19.4 Å². The predicted octanol–water partition coefficient (Wildman–Crippen LogP) is 2.18. The molecule has 1 atom stereocenters. The van der Waals surface area contributed by atoms with E-state index in [1.807, 2.05) is 20.8 Å². The van der Waals surface area contributed by atoms with Crippen molar-refractivity contribution in [2.45, 2.75) is 57.7 Å². The van der Waals surface area contributed by atoms with Gasteiger partial charge in [0.25, 0.3) is 0 Å². The number of carbonyl (C=O) groups excluding carboxylic acids is 1. The molecule has 0 aliphatic carbocycles. The Kier molecular flexibility index (Phi) is 4.59. The highest BCUT2D eigenvalue weighted by atomic mass is 16.6. The zero-order valence-corrected chi connectivity index (χ0v) is 12.9. The summed E-state index contributed by atoms with van der Waals surface area (Å²) in [6, 6.07) is 0. The van der Waals surface area contributed by atoms with Crippen LogP contribution in [0.3, 0.4) is 0 Å². The van der Waals surface area contributed by atoms with Crippen LogP contribution in [-0.2, 0) is 9.47 Å². The smallest absolute Gasteiger partial charge is 0.410 e. The van der Waals surface area contributed by atoms with Gasteiger partial charge in [0.15, 0.2) is 0 Å². The van der Waals surface area contributed by atoms with E-state index in [0.717, 1.165) is 32.3 Å². The van der Waals surface area contributed by atoms with Gasteiger partial charge in [-0.15, -0.1) is 0 Å². The minimum atomic E-state index is -0.449. The van der Waals surface area contributed by atoms with Crippen molar-refractivity contribution in [3.8, 4) is 0 Å². The molecule has 2 fully saturated rings. The number of hydrogen-bond acceptors (Lipinski definition) is 4. The first-order valence-corrected chi connectivity index (χ1v) is 7.59. The van der Waals surface area contributed by atoms with Crippen LogP contribution in [-0.4, -0.2) is 53.6 Å². The van der Waals surface area contributed by atoms with E-state index in [2.05, 4.69) is 0 Å². The van der Waals surface area contributed by atoms with Crippen LogP contribution < -0.4 is 0 Å². The van der Waals surface area contributed by atoms with E-state index in [0.29, 0.717) is 19.0 Å². The third kappa shape index (κ3) is 3.44. The maximum absolute atomic E-state index is 12.0. The number of nitrogens with zero attached hydrogens (tertiary/aromatic N) is 1. The fourth-order valence-electron chi connectivity index (χ4n) is 3.30. The average molecular weight is 285 g/mol. The summed E-state index contributed by atoms with van der Waals surface area (Å²) in [5.41, 5.74) is -0.573. The first-order valence-electron chi connectivity index (χ1n) is 7.59. The Bertz CT molecular complexity index is 342. The zero-order valence-electron chi connectivity index (χ0n) is 12.9. The highest BCUT2D eigenvalue weighted by Gasteiger charge is 2.46. The van der Waals surface area contributed by atoms with Crippen LogP contribution in [0.25, 0.3) is 0 Å². The molecule has 1 N–H and O–H groups in total. The van der Waals surface area contributed by atoms with Crippen molar-refractivity contribution in [2.75, 3.05) is 26.3 Å². The molecule has 0 aromatic heterocycles. The second-order valence-corrected chi connectivity index (χ2v) is 6.88. The summed E-state index contributed by atoms with van der Waals surface area (Å²) in [6.07, 6.45) is 3.27. The number of ether oxygens (including phenoxy) is 2. The lowest BCUT2D eigenvalue weighted by atomic mass is 9.78. The maximum Gasteiger partial charge on any atom is 0.410 e. The molecule has 0 aromatic rings. The highest BCUT2D eigenvalue weighted by Crippen LogP contribution is 2.42. The number of carbonyl (C=O) groups is 1. The highest BCUT2D eigenvalue weighted by molar-refractivity contribution is 5.68. The van der Waals surface area contributed by atoms with E-state index in [9.17, 15) is 4.79 Å². The van der Waals surface area contributed by atoms with Crippen LogP contribution in [0.5, 0.6) is 0 Å². The summed E-state index contributed by atoms with van der Waals surface area (Å²) < 4.78 is 11.4. The van der Waals surface area contributed by atoms with Gasteiger partial charge in [0, 0.05) is 26.3 Å². The Hall–Kier alpha value is -0.810. The van der Waals surface area contributed by atoms with Crippen molar-refractivity contribution in [1.82, 2.24) is 4.90 Å². The lowest BCUT2D eigenvalue weighted by Gasteiger charge is -2.42. The summed E-state index contributed by atoms with van der Waals surface area (Å²) in [5, 5.41) is 9.17. The first kappa shape index (κ1) is 15.6. The summed E-state index contributed by atoms with van der Waals surface area (Å²) in [5.74, 6) is 0.424. The molecular weight excluding hydrogens is 258 g/mol. The largest absolute Gasteiger partial charge is 0.444 e. The Morgan fingerprint density at radius 3 is 2.60 bits per heavy atom. The van der Waals surface area contributed by atoms with Crippen molar-refractivity contribution in [3.63, 3.8) is 0 Å². The lowest BCUT2D eigenvalue weighted by Crippen LogP contribution is -2.50. The monoisotopic (exact) mass is 285 g/mol. The second-order valence-electron chi connectivity index (χ2n) is 6.88. The topological polar surface area (TPSA) is 59.0 Å². The number of hydrogen-bond donors (Lipinski definition) is 1. The SMILES string of the molecule is CC(C)(C)OC(=O)N1CCC2(CC1)OCCC2CCO. The molecule has 0 aromatic carbocycles. The van der Waals surface area contributed by atoms with Crippen LogP contribution in [0.2, 0.25) is 0 Å². The molecule has 2 saturated heterocycles. The fraction of sp³-hybridized carbons (Fsp3) is 0.933. The number of amides is 1. The lowest BCUT2D eigenvalue weighted by molar-refractivity contribution is -0.0718. The molecule has 5 nitrogen and oxygen atoms in total. The predicted molar refractivity (Wildman–Crippen MR) is 75.5 cm³/mol. The molecule has 1 unspecified atom stereocenters. The molecule has 1 amide bonds. The van der Waals surface area contributed by atoms with E-state index in [1.54, 1.807) is 4.90 Å². The maximum atomic E-state index is 12.0. The van der Waals surface area contributed by atoms with Crippen molar-refractivity contribution in [1.29, 1.82) is 0 Å². The number of piperidine rings is 1. The van der Waals surface area contributed by atoms with Crippen LogP contribution in [0.1, 0.15) is 46.5 Å².